The molecule has 0 bridgehead atoms. The summed E-state index contributed by atoms with van der Waals surface area (Å²) in [4.78, 5) is 26.0. The molecular formula is C13H10N6O5S2. The molecule has 0 fully saturated rings. The monoisotopic (exact) mass is 394 g/mol. The van der Waals surface area contributed by atoms with Crippen molar-refractivity contribution >= 4 is 43.8 Å². The largest absolute Gasteiger partial charge is 0.320 e. The topological polar surface area (TPSA) is 160 Å². The number of hydrogen-bond acceptors (Lipinski definition) is 8. The summed E-state index contributed by atoms with van der Waals surface area (Å²) in [5.41, 5.74) is -0.515. The number of rotatable bonds is 6. The Morgan fingerprint density at radius 2 is 2.00 bits per heavy atom. The molecule has 0 unspecified atom stereocenters. The number of nitrogens with zero attached hydrogens (tertiary/aromatic N) is 3. The molecule has 0 aliphatic rings. The molecule has 1 aromatic carbocycles. The van der Waals surface area contributed by atoms with Crippen LogP contribution in [-0.4, -0.2) is 34.4 Å². The second kappa shape index (κ2) is 6.89. The Morgan fingerprint density at radius 3 is 2.62 bits per heavy atom. The quantitative estimate of drug-likeness (QED) is 0.424. The minimum atomic E-state index is -3.81. The van der Waals surface area contributed by atoms with Crippen molar-refractivity contribution in [2.75, 3.05) is 10.0 Å². The van der Waals surface area contributed by atoms with Gasteiger partial charge in [0.2, 0.25) is 5.69 Å². The molecule has 2 heterocycles. The zero-order valence-electron chi connectivity index (χ0n) is 12.7. The Kier molecular flexibility index (Phi) is 4.64. The number of thiazole rings is 1. The van der Waals surface area contributed by atoms with Gasteiger partial charge in [-0.1, -0.05) is 0 Å². The summed E-state index contributed by atoms with van der Waals surface area (Å²) in [6.07, 6.45) is 2.39. The molecule has 0 aliphatic heterocycles. The van der Waals surface area contributed by atoms with Gasteiger partial charge in [0.05, 0.1) is 9.82 Å². The molecule has 0 radical (unpaired) electrons. The molecule has 0 atom stereocenters. The number of nitro groups is 1. The number of H-pyrrole nitrogens is 1. The van der Waals surface area contributed by atoms with Crippen LogP contribution in [0, 0.1) is 10.1 Å². The predicted octanol–water partition coefficient (Wildman–Crippen LogP) is 1.83. The van der Waals surface area contributed by atoms with Crippen molar-refractivity contribution in [3.05, 3.63) is 57.8 Å². The fraction of sp³-hybridized carbons (Fsp3) is 0. The third-order valence-corrected chi connectivity index (χ3v) is 5.29. The van der Waals surface area contributed by atoms with E-state index in [0.717, 1.165) is 17.5 Å². The third kappa shape index (κ3) is 3.68. The molecule has 0 spiro atoms. The van der Waals surface area contributed by atoms with Crippen LogP contribution in [0.3, 0.4) is 0 Å². The number of anilines is 2. The van der Waals surface area contributed by atoms with Crippen molar-refractivity contribution in [2.45, 2.75) is 4.90 Å². The average molecular weight is 394 g/mol. The minimum absolute atomic E-state index is 0.0294. The van der Waals surface area contributed by atoms with Crippen molar-refractivity contribution in [1.82, 2.24) is 15.2 Å². The van der Waals surface area contributed by atoms with Crippen molar-refractivity contribution in [2.24, 2.45) is 0 Å². The number of sulfonamides is 1. The second-order valence-corrected chi connectivity index (χ2v) is 7.39. The van der Waals surface area contributed by atoms with Crippen LogP contribution in [0.1, 0.15) is 10.5 Å². The number of nitrogens with one attached hydrogen (secondary N) is 3. The second-order valence-electron chi connectivity index (χ2n) is 4.81. The lowest BCUT2D eigenvalue weighted by atomic mass is 10.3. The van der Waals surface area contributed by atoms with E-state index in [1.54, 1.807) is 5.38 Å². The van der Waals surface area contributed by atoms with Gasteiger partial charge in [0.25, 0.3) is 15.9 Å². The van der Waals surface area contributed by atoms with Crippen LogP contribution in [0.2, 0.25) is 0 Å². The Balaban J connectivity index is 1.74. The molecular weight excluding hydrogens is 384 g/mol. The van der Waals surface area contributed by atoms with Gasteiger partial charge in [0.1, 0.15) is 6.20 Å². The Labute approximate surface area is 150 Å². The van der Waals surface area contributed by atoms with Crippen molar-refractivity contribution in [3.63, 3.8) is 0 Å². The van der Waals surface area contributed by atoms with Gasteiger partial charge in [-0.05, 0) is 24.3 Å². The highest BCUT2D eigenvalue weighted by molar-refractivity contribution is 7.93. The molecule has 3 rings (SSSR count). The molecule has 3 aromatic rings. The maximum absolute atomic E-state index is 12.2. The van der Waals surface area contributed by atoms with Crippen molar-refractivity contribution < 1.29 is 18.1 Å². The van der Waals surface area contributed by atoms with Crippen molar-refractivity contribution in [3.8, 4) is 0 Å². The fourth-order valence-corrected chi connectivity index (χ4v) is 3.73. The first-order valence-corrected chi connectivity index (χ1v) is 9.24. The first kappa shape index (κ1) is 17.5. The average Bonchev–Trinajstić information content (AvgIpc) is 3.26. The Morgan fingerprint density at radius 1 is 1.27 bits per heavy atom. The van der Waals surface area contributed by atoms with E-state index in [0.29, 0.717) is 0 Å². The summed E-state index contributed by atoms with van der Waals surface area (Å²) in [7, 11) is -3.81. The molecule has 1 amide bonds. The van der Waals surface area contributed by atoms with Gasteiger partial charge < -0.3 is 5.32 Å². The van der Waals surface area contributed by atoms with Gasteiger partial charge >= 0.3 is 5.69 Å². The first-order chi connectivity index (χ1) is 12.4. The van der Waals surface area contributed by atoms with Crippen molar-refractivity contribution in [1.29, 1.82) is 0 Å². The molecule has 0 aliphatic carbocycles. The Bertz CT molecular complexity index is 1040. The lowest BCUT2D eigenvalue weighted by Crippen LogP contribution is -2.15. The summed E-state index contributed by atoms with van der Waals surface area (Å²) in [6, 6.07) is 5.28. The predicted molar refractivity (Wildman–Crippen MR) is 92.6 cm³/mol. The van der Waals surface area contributed by atoms with Crippen LogP contribution in [0.4, 0.5) is 16.5 Å². The summed E-state index contributed by atoms with van der Waals surface area (Å²) in [5.74, 6) is -0.772. The maximum atomic E-state index is 12.2. The highest BCUT2D eigenvalue weighted by atomic mass is 32.2. The lowest BCUT2D eigenvalue weighted by molar-refractivity contribution is -0.385. The van der Waals surface area contributed by atoms with E-state index in [-0.39, 0.29) is 21.4 Å². The van der Waals surface area contributed by atoms with Gasteiger partial charge in [-0.2, -0.15) is 5.10 Å². The number of carbonyl (C=O) groups is 1. The molecule has 26 heavy (non-hydrogen) atoms. The highest BCUT2D eigenvalue weighted by Crippen LogP contribution is 2.21. The first-order valence-electron chi connectivity index (χ1n) is 6.88. The fourth-order valence-electron chi connectivity index (χ4n) is 1.94. The summed E-state index contributed by atoms with van der Waals surface area (Å²) in [6.45, 7) is 0. The zero-order valence-corrected chi connectivity index (χ0v) is 14.4. The normalized spacial score (nSPS) is 11.1. The summed E-state index contributed by atoms with van der Waals surface area (Å²) < 4.78 is 26.8. The summed E-state index contributed by atoms with van der Waals surface area (Å²) in [5, 5.41) is 20.8. The van der Waals surface area contributed by atoms with E-state index in [4.69, 9.17) is 0 Å². The van der Waals surface area contributed by atoms with E-state index in [1.165, 1.54) is 30.5 Å². The molecule has 0 saturated heterocycles. The maximum Gasteiger partial charge on any atom is 0.319 e. The van der Waals surface area contributed by atoms with Gasteiger partial charge in [0.15, 0.2) is 5.13 Å². The van der Waals surface area contributed by atoms with Crippen LogP contribution in [0.15, 0.2) is 46.9 Å². The molecule has 0 saturated carbocycles. The zero-order chi connectivity index (χ0) is 18.7. The SMILES string of the molecule is O=C(Nc1ccc(S(=O)(=O)Nc2nccs2)cc1)c1[nH]ncc1[N+](=O)[O-]. The number of carbonyl (C=O) groups excluding carboxylic acids is 1. The van der Waals surface area contributed by atoms with Crippen LogP contribution < -0.4 is 10.0 Å². The van der Waals surface area contributed by atoms with Crippen LogP contribution in [0.25, 0.3) is 0 Å². The Hall–Kier alpha value is -3.32. The molecule has 3 N–H and O–H groups in total. The highest BCUT2D eigenvalue weighted by Gasteiger charge is 2.23. The van der Waals surface area contributed by atoms with E-state index in [9.17, 15) is 23.3 Å². The summed E-state index contributed by atoms with van der Waals surface area (Å²) >= 11 is 1.14. The van der Waals surface area contributed by atoms with Gasteiger partial charge in [-0.3, -0.25) is 24.7 Å². The van der Waals surface area contributed by atoms with E-state index >= 15 is 0 Å². The number of aromatic nitrogens is 3. The van der Waals surface area contributed by atoms with Gasteiger partial charge in [0, 0.05) is 17.3 Å². The van der Waals surface area contributed by atoms with Gasteiger partial charge in [-0.15, -0.1) is 11.3 Å². The number of hydrogen-bond donors (Lipinski definition) is 3. The number of aromatic amines is 1. The third-order valence-electron chi connectivity index (χ3n) is 3.12. The smallest absolute Gasteiger partial charge is 0.319 e. The van der Waals surface area contributed by atoms with E-state index in [2.05, 4.69) is 25.2 Å². The number of amides is 1. The minimum Gasteiger partial charge on any atom is -0.320 e. The van der Waals surface area contributed by atoms with Crippen LogP contribution >= 0.6 is 11.3 Å². The van der Waals surface area contributed by atoms with E-state index < -0.39 is 26.5 Å². The van der Waals surface area contributed by atoms with Crippen LogP contribution in [0.5, 0.6) is 0 Å². The number of benzene rings is 1. The molecule has 2 aromatic heterocycles. The lowest BCUT2D eigenvalue weighted by Gasteiger charge is -2.07. The van der Waals surface area contributed by atoms with E-state index in [1.807, 2.05) is 0 Å². The molecule has 11 nitrogen and oxygen atoms in total. The molecule has 134 valence electrons. The van der Waals surface area contributed by atoms with Gasteiger partial charge in [-0.25, -0.2) is 13.4 Å². The van der Waals surface area contributed by atoms with Crippen LogP contribution in [-0.2, 0) is 10.0 Å². The standard InChI is InChI=1S/C13H10N6O5S2/c20-12(11-10(19(21)22)7-15-17-11)16-8-1-3-9(4-2-8)26(23,24)18-13-14-5-6-25-13/h1-7H,(H,14,18)(H,15,17)(H,16,20). The molecule has 13 heteroatoms.